The third kappa shape index (κ3) is 2.57. The first-order chi connectivity index (χ1) is 9.32. The van der Waals surface area contributed by atoms with Crippen molar-refractivity contribution >= 4 is 27.8 Å². The molecule has 1 fully saturated rings. The summed E-state index contributed by atoms with van der Waals surface area (Å²) < 4.78 is 14.3. The summed E-state index contributed by atoms with van der Waals surface area (Å²) >= 11 is 3.23. The van der Waals surface area contributed by atoms with E-state index in [1.165, 1.54) is 11.0 Å². The summed E-state index contributed by atoms with van der Waals surface area (Å²) in [4.78, 5) is 24.9. The Kier molecular flexibility index (Phi) is 4.13. The molecule has 1 saturated heterocycles. The van der Waals surface area contributed by atoms with Crippen LogP contribution >= 0.6 is 15.9 Å². The van der Waals surface area contributed by atoms with Gasteiger partial charge in [0, 0.05) is 17.6 Å². The topological polar surface area (TPSA) is 57.6 Å². The fraction of sp³-hybridized carbons (Fsp3) is 0.429. The van der Waals surface area contributed by atoms with Crippen molar-refractivity contribution in [3.05, 3.63) is 33.5 Å². The van der Waals surface area contributed by atoms with Crippen LogP contribution in [0.15, 0.2) is 16.6 Å². The van der Waals surface area contributed by atoms with Crippen LogP contribution in [0.1, 0.15) is 22.8 Å². The van der Waals surface area contributed by atoms with E-state index < -0.39 is 23.6 Å². The number of carboxylic acids is 1. The number of carbonyl (C=O) groups is 2. The molecule has 2 rings (SSSR count). The number of rotatable bonds is 2. The Hall–Kier alpha value is -1.43. The zero-order valence-corrected chi connectivity index (χ0v) is 12.8. The van der Waals surface area contributed by atoms with Gasteiger partial charge in [0.05, 0.1) is 11.5 Å². The van der Waals surface area contributed by atoms with E-state index in [0.717, 1.165) is 5.56 Å². The standard InChI is InChI=1S/C14H15BrFNO3/c1-7-3-4-10(16)11(12(7)15)13(18)17-5-8(2)9(6-17)14(19)20/h3-4,8-9H,5-6H2,1-2H3,(H,19,20)/t8-,9-/m1/s1. The minimum atomic E-state index is -0.920. The zero-order chi connectivity index (χ0) is 15.0. The molecule has 2 atom stereocenters. The maximum Gasteiger partial charge on any atom is 0.308 e. The number of aryl methyl sites for hydroxylation is 1. The van der Waals surface area contributed by atoms with Crippen LogP contribution in [0.4, 0.5) is 4.39 Å². The Balaban J connectivity index is 2.30. The first-order valence-corrected chi connectivity index (χ1v) is 7.09. The molecule has 1 aromatic rings. The third-order valence-electron chi connectivity index (χ3n) is 3.71. The molecule has 6 heteroatoms. The smallest absolute Gasteiger partial charge is 0.308 e. The molecule has 0 aromatic heterocycles. The monoisotopic (exact) mass is 343 g/mol. The van der Waals surface area contributed by atoms with Crippen molar-refractivity contribution in [3.63, 3.8) is 0 Å². The molecule has 1 aliphatic rings. The largest absolute Gasteiger partial charge is 0.481 e. The van der Waals surface area contributed by atoms with E-state index in [1.54, 1.807) is 19.9 Å². The highest BCUT2D eigenvalue weighted by Crippen LogP contribution is 2.29. The second kappa shape index (κ2) is 5.52. The van der Waals surface area contributed by atoms with Gasteiger partial charge in [0.2, 0.25) is 0 Å². The zero-order valence-electron chi connectivity index (χ0n) is 11.2. The molecule has 0 spiro atoms. The summed E-state index contributed by atoms with van der Waals surface area (Å²) in [7, 11) is 0. The highest BCUT2D eigenvalue weighted by atomic mass is 79.9. The number of carboxylic acid groups (broad SMARTS) is 1. The maximum atomic E-state index is 13.9. The number of carbonyl (C=O) groups excluding carboxylic acids is 1. The van der Waals surface area contributed by atoms with Gasteiger partial charge in [-0.05, 0) is 40.4 Å². The van der Waals surface area contributed by atoms with E-state index in [2.05, 4.69) is 15.9 Å². The molecule has 1 N–H and O–H groups in total. The van der Waals surface area contributed by atoms with E-state index in [-0.39, 0.29) is 18.0 Å². The Morgan fingerprint density at radius 1 is 1.40 bits per heavy atom. The third-order valence-corrected chi connectivity index (χ3v) is 4.74. The Morgan fingerprint density at radius 2 is 2.05 bits per heavy atom. The van der Waals surface area contributed by atoms with Gasteiger partial charge in [-0.2, -0.15) is 0 Å². The van der Waals surface area contributed by atoms with E-state index in [1.807, 2.05) is 0 Å². The lowest BCUT2D eigenvalue weighted by Gasteiger charge is -2.18. The minimum Gasteiger partial charge on any atom is -0.481 e. The van der Waals surface area contributed by atoms with Gasteiger partial charge < -0.3 is 10.0 Å². The lowest BCUT2D eigenvalue weighted by Crippen LogP contribution is -2.31. The van der Waals surface area contributed by atoms with Crippen LogP contribution in [-0.4, -0.2) is 35.0 Å². The highest BCUT2D eigenvalue weighted by molar-refractivity contribution is 9.10. The van der Waals surface area contributed by atoms with Gasteiger partial charge in [-0.3, -0.25) is 9.59 Å². The summed E-state index contributed by atoms with van der Waals surface area (Å²) in [6, 6.07) is 2.84. The Bertz CT molecular complexity index is 576. The molecular formula is C14H15BrFNO3. The van der Waals surface area contributed by atoms with Crippen molar-refractivity contribution in [2.75, 3.05) is 13.1 Å². The molecule has 0 radical (unpaired) electrons. The fourth-order valence-electron chi connectivity index (χ4n) is 2.46. The molecule has 0 saturated carbocycles. The minimum absolute atomic E-state index is 0.0248. The molecule has 4 nitrogen and oxygen atoms in total. The summed E-state index contributed by atoms with van der Waals surface area (Å²) in [5.41, 5.74) is 0.736. The average molecular weight is 344 g/mol. The summed E-state index contributed by atoms with van der Waals surface area (Å²) in [5.74, 6) is -2.71. The van der Waals surface area contributed by atoms with Crippen molar-refractivity contribution in [3.8, 4) is 0 Å². The van der Waals surface area contributed by atoms with Crippen molar-refractivity contribution in [1.82, 2.24) is 4.90 Å². The van der Waals surface area contributed by atoms with Crippen LogP contribution in [0.25, 0.3) is 0 Å². The molecule has 0 aliphatic carbocycles. The van der Waals surface area contributed by atoms with Crippen molar-refractivity contribution < 1.29 is 19.1 Å². The number of nitrogens with zero attached hydrogens (tertiary/aromatic N) is 1. The number of likely N-dealkylation sites (tertiary alicyclic amines) is 1. The first-order valence-electron chi connectivity index (χ1n) is 6.29. The Labute approximate surface area is 124 Å². The molecule has 0 unspecified atom stereocenters. The van der Waals surface area contributed by atoms with Gasteiger partial charge in [0.1, 0.15) is 5.82 Å². The molecule has 1 aromatic carbocycles. The molecule has 1 amide bonds. The van der Waals surface area contributed by atoms with Crippen molar-refractivity contribution in [1.29, 1.82) is 0 Å². The normalized spacial score (nSPS) is 22.1. The lowest BCUT2D eigenvalue weighted by molar-refractivity contribution is -0.142. The highest BCUT2D eigenvalue weighted by Gasteiger charge is 2.38. The van der Waals surface area contributed by atoms with Crippen LogP contribution in [0, 0.1) is 24.6 Å². The van der Waals surface area contributed by atoms with E-state index in [0.29, 0.717) is 11.0 Å². The number of halogens is 2. The fourth-order valence-corrected chi connectivity index (χ4v) is 2.96. The molecular weight excluding hydrogens is 329 g/mol. The lowest BCUT2D eigenvalue weighted by atomic mass is 9.99. The van der Waals surface area contributed by atoms with Gasteiger partial charge in [-0.15, -0.1) is 0 Å². The second-order valence-electron chi connectivity index (χ2n) is 5.19. The number of amides is 1. The van der Waals surface area contributed by atoms with Crippen LogP contribution in [0.2, 0.25) is 0 Å². The molecule has 1 aliphatic heterocycles. The van der Waals surface area contributed by atoms with Crippen LogP contribution in [0.5, 0.6) is 0 Å². The van der Waals surface area contributed by atoms with Crippen molar-refractivity contribution in [2.24, 2.45) is 11.8 Å². The van der Waals surface area contributed by atoms with Gasteiger partial charge >= 0.3 is 5.97 Å². The van der Waals surface area contributed by atoms with Crippen LogP contribution < -0.4 is 0 Å². The number of aliphatic carboxylic acids is 1. The molecule has 0 bridgehead atoms. The predicted octanol–water partition coefficient (Wildman–Crippen LogP) is 2.69. The Morgan fingerprint density at radius 3 is 2.60 bits per heavy atom. The van der Waals surface area contributed by atoms with Gasteiger partial charge in [-0.25, -0.2) is 4.39 Å². The van der Waals surface area contributed by atoms with Crippen LogP contribution in [-0.2, 0) is 4.79 Å². The second-order valence-corrected chi connectivity index (χ2v) is 5.98. The maximum absolute atomic E-state index is 13.9. The number of hydrogen-bond donors (Lipinski definition) is 1. The molecule has 20 heavy (non-hydrogen) atoms. The number of hydrogen-bond acceptors (Lipinski definition) is 2. The summed E-state index contributed by atoms with van der Waals surface area (Å²) in [5, 5.41) is 9.09. The van der Waals surface area contributed by atoms with Gasteiger partial charge in [0.25, 0.3) is 5.91 Å². The van der Waals surface area contributed by atoms with E-state index >= 15 is 0 Å². The number of benzene rings is 1. The summed E-state index contributed by atoms with van der Waals surface area (Å²) in [6.07, 6.45) is 0. The predicted molar refractivity (Wildman–Crippen MR) is 75.0 cm³/mol. The van der Waals surface area contributed by atoms with E-state index in [4.69, 9.17) is 5.11 Å². The molecule has 108 valence electrons. The quantitative estimate of drug-likeness (QED) is 0.898. The summed E-state index contributed by atoms with van der Waals surface area (Å²) in [6.45, 7) is 4.01. The van der Waals surface area contributed by atoms with Crippen LogP contribution in [0.3, 0.4) is 0 Å². The van der Waals surface area contributed by atoms with E-state index in [9.17, 15) is 14.0 Å². The SMILES string of the molecule is Cc1ccc(F)c(C(=O)N2C[C@@H](C)[C@H](C(=O)O)C2)c1Br. The van der Waals surface area contributed by atoms with Crippen molar-refractivity contribution in [2.45, 2.75) is 13.8 Å². The average Bonchev–Trinajstić information content (AvgIpc) is 2.76. The van der Waals surface area contributed by atoms with Gasteiger partial charge in [0.15, 0.2) is 0 Å². The van der Waals surface area contributed by atoms with Gasteiger partial charge in [-0.1, -0.05) is 13.0 Å². The first kappa shape index (κ1) is 15.0. The molecule has 1 heterocycles.